The average Bonchev–Trinajstić information content (AvgIpc) is 2.95. The van der Waals surface area contributed by atoms with E-state index in [0.29, 0.717) is 35.6 Å². The van der Waals surface area contributed by atoms with Crippen molar-refractivity contribution in [1.82, 2.24) is 0 Å². The summed E-state index contributed by atoms with van der Waals surface area (Å²) in [6.45, 7) is 5.90. The van der Waals surface area contributed by atoms with Gasteiger partial charge in [0.05, 0.1) is 10.6 Å². The van der Waals surface area contributed by atoms with Crippen LogP contribution in [0.2, 0.25) is 0 Å². The molecule has 29 heavy (non-hydrogen) atoms. The molecular formula is C19H22N6O4. The van der Waals surface area contributed by atoms with Crippen molar-refractivity contribution in [3.63, 3.8) is 0 Å². The SMILES string of the molecule is Cc1c(C(=O)Nc2ccc([N+](=O)[O-])cc2)oc2c1/C(=N\N=C(N)N)CC(C)(C)C2. The number of amides is 1. The molecule has 0 atom stereocenters. The minimum absolute atomic E-state index is 0.0598. The molecule has 1 amide bonds. The summed E-state index contributed by atoms with van der Waals surface area (Å²) < 4.78 is 5.89. The maximum atomic E-state index is 12.8. The lowest BCUT2D eigenvalue weighted by molar-refractivity contribution is -0.384. The van der Waals surface area contributed by atoms with Gasteiger partial charge in [0.25, 0.3) is 11.6 Å². The van der Waals surface area contributed by atoms with E-state index in [1.807, 2.05) is 0 Å². The molecule has 10 nitrogen and oxygen atoms in total. The lowest BCUT2D eigenvalue weighted by Crippen LogP contribution is -2.27. The summed E-state index contributed by atoms with van der Waals surface area (Å²) in [5, 5.41) is 21.4. The largest absolute Gasteiger partial charge is 0.455 e. The first-order valence-electron chi connectivity index (χ1n) is 8.91. The van der Waals surface area contributed by atoms with Crippen LogP contribution in [0.25, 0.3) is 0 Å². The van der Waals surface area contributed by atoms with E-state index < -0.39 is 10.8 Å². The lowest BCUT2D eigenvalue weighted by atomic mass is 9.75. The number of nitrogens with two attached hydrogens (primary N) is 2. The molecule has 1 aliphatic rings. The van der Waals surface area contributed by atoms with Crippen molar-refractivity contribution in [2.45, 2.75) is 33.6 Å². The van der Waals surface area contributed by atoms with Crippen LogP contribution < -0.4 is 16.8 Å². The number of non-ortho nitro benzene ring substituents is 1. The number of furan rings is 1. The number of rotatable bonds is 4. The van der Waals surface area contributed by atoms with Gasteiger partial charge in [0, 0.05) is 35.4 Å². The van der Waals surface area contributed by atoms with Crippen LogP contribution in [0.4, 0.5) is 11.4 Å². The molecule has 0 fully saturated rings. The summed E-state index contributed by atoms with van der Waals surface area (Å²) in [7, 11) is 0. The quantitative estimate of drug-likeness (QED) is 0.310. The second-order valence-corrected chi connectivity index (χ2v) is 7.70. The van der Waals surface area contributed by atoms with Crippen LogP contribution >= 0.6 is 0 Å². The number of nitro groups is 1. The Morgan fingerprint density at radius 3 is 2.48 bits per heavy atom. The van der Waals surface area contributed by atoms with Crippen LogP contribution in [-0.2, 0) is 6.42 Å². The van der Waals surface area contributed by atoms with Gasteiger partial charge in [-0.1, -0.05) is 13.8 Å². The zero-order valence-electron chi connectivity index (χ0n) is 16.4. The lowest BCUT2D eigenvalue weighted by Gasteiger charge is -2.29. The zero-order chi connectivity index (χ0) is 21.3. The predicted octanol–water partition coefficient (Wildman–Crippen LogP) is 2.70. The summed E-state index contributed by atoms with van der Waals surface area (Å²) in [6.07, 6.45) is 1.26. The maximum absolute atomic E-state index is 12.8. The molecule has 1 heterocycles. The Morgan fingerprint density at radius 1 is 1.24 bits per heavy atom. The predicted molar refractivity (Wildman–Crippen MR) is 109 cm³/mol. The number of nitrogens with zero attached hydrogens (tertiary/aromatic N) is 3. The Hall–Kier alpha value is -3.69. The number of hydrogen-bond acceptors (Lipinski definition) is 6. The number of carbonyl (C=O) groups is 1. The Morgan fingerprint density at radius 2 is 1.90 bits per heavy atom. The molecule has 5 N–H and O–H groups in total. The van der Waals surface area contributed by atoms with Crippen molar-refractivity contribution in [1.29, 1.82) is 0 Å². The van der Waals surface area contributed by atoms with Gasteiger partial charge < -0.3 is 21.2 Å². The molecule has 152 valence electrons. The number of hydrogen-bond donors (Lipinski definition) is 3. The number of benzene rings is 1. The van der Waals surface area contributed by atoms with Crippen molar-refractivity contribution in [2.75, 3.05) is 5.32 Å². The molecule has 0 radical (unpaired) electrons. The van der Waals surface area contributed by atoms with Gasteiger partial charge >= 0.3 is 0 Å². The van der Waals surface area contributed by atoms with Crippen molar-refractivity contribution >= 4 is 29.0 Å². The second-order valence-electron chi connectivity index (χ2n) is 7.70. The monoisotopic (exact) mass is 398 g/mol. The highest BCUT2D eigenvalue weighted by atomic mass is 16.6. The third kappa shape index (κ3) is 4.26. The van der Waals surface area contributed by atoms with Gasteiger partial charge in [-0.15, -0.1) is 5.10 Å². The van der Waals surface area contributed by atoms with E-state index in [0.717, 1.165) is 5.56 Å². The Bertz CT molecular complexity index is 1030. The fourth-order valence-corrected chi connectivity index (χ4v) is 3.39. The Labute approximate surface area is 166 Å². The molecule has 0 unspecified atom stereocenters. The van der Waals surface area contributed by atoms with Crippen molar-refractivity contribution in [3.05, 3.63) is 57.0 Å². The molecule has 3 rings (SSSR count). The minimum atomic E-state index is -0.504. The summed E-state index contributed by atoms with van der Waals surface area (Å²) in [5.74, 6) is 0.199. The second kappa shape index (κ2) is 7.38. The third-order valence-corrected chi connectivity index (χ3v) is 4.62. The summed E-state index contributed by atoms with van der Waals surface area (Å²) in [5.41, 5.74) is 13.0. The molecule has 1 aliphatic carbocycles. The summed E-state index contributed by atoms with van der Waals surface area (Å²) >= 11 is 0. The van der Waals surface area contributed by atoms with E-state index in [2.05, 4.69) is 29.4 Å². The minimum Gasteiger partial charge on any atom is -0.455 e. The first kappa shape index (κ1) is 20.1. The van der Waals surface area contributed by atoms with E-state index in [-0.39, 0.29) is 22.8 Å². The fraction of sp³-hybridized carbons (Fsp3) is 0.316. The van der Waals surface area contributed by atoms with Gasteiger partial charge in [0.2, 0.25) is 5.96 Å². The molecule has 1 aromatic carbocycles. The third-order valence-electron chi connectivity index (χ3n) is 4.62. The molecule has 0 saturated carbocycles. The van der Waals surface area contributed by atoms with Crippen LogP contribution in [0.1, 0.15) is 47.7 Å². The maximum Gasteiger partial charge on any atom is 0.291 e. The normalized spacial score (nSPS) is 16.2. The fourth-order valence-electron chi connectivity index (χ4n) is 3.39. The average molecular weight is 398 g/mol. The van der Waals surface area contributed by atoms with Gasteiger partial charge in [0.15, 0.2) is 5.76 Å². The topological polar surface area (TPSA) is 162 Å². The highest BCUT2D eigenvalue weighted by Crippen LogP contribution is 2.39. The van der Waals surface area contributed by atoms with E-state index in [1.54, 1.807) is 6.92 Å². The zero-order valence-corrected chi connectivity index (χ0v) is 16.4. The van der Waals surface area contributed by atoms with E-state index in [1.165, 1.54) is 24.3 Å². The van der Waals surface area contributed by atoms with Crippen LogP contribution in [0.3, 0.4) is 0 Å². The number of nitro benzene ring substituents is 1. The van der Waals surface area contributed by atoms with Crippen molar-refractivity contribution < 1.29 is 14.1 Å². The van der Waals surface area contributed by atoms with Crippen LogP contribution in [0.15, 0.2) is 38.9 Å². The van der Waals surface area contributed by atoms with Gasteiger partial charge in [0.1, 0.15) is 5.76 Å². The van der Waals surface area contributed by atoms with E-state index >= 15 is 0 Å². The summed E-state index contributed by atoms with van der Waals surface area (Å²) in [6, 6.07) is 5.56. The van der Waals surface area contributed by atoms with Gasteiger partial charge in [-0.3, -0.25) is 14.9 Å². The first-order chi connectivity index (χ1) is 13.6. The van der Waals surface area contributed by atoms with E-state index in [4.69, 9.17) is 15.9 Å². The number of guanidine groups is 1. The highest BCUT2D eigenvalue weighted by molar-refractivity contribution is 6.09. The molecule has 0 saturated heterocycles. The van der Waals surface area contributed by atoms with Gasteiger partial charge in [-0.05, 0) is 30.9 Å². The smallest absolute Gasteiger partial charge is 0.291 e. The number of anilines is 1. The summed E-state index contributed by atoms with van der Waals surface area (Å²) in [4.78, 5) is 23.0. The molecule has 1 aromatic heterocycles. The standard InChI is InChI=1S/C19H22N6O4/c1-10-15-13(23-24-18(20)21)8-19(2,3)9-14(15)29-16(10)17(26)22-11-4-6-12(7-5-11)25(27)28/h4-7H,8-9H2,1-3H3,(H,22,26)(H4,20,21,24)/b23-13-. The van der Waals surface area contributed by atoms with Crippen LogP contribution in [-0.4, -0.2) is 22.5 Å². The highest BCUT2D eigenvalue weighted by Gasteiger charge is 2.36. The molecule has 0 aliphatic heterocycles. The van der Waals surface area contributed by atoms with Crippen LogP contribution in [0.5, 0.6) is 0 Å². The number of fused-ring (bicyclic) bond motifs is 1. The van der Waals surface area contributed by atoms with Crippen LogP contribution in [0, 0.1) is 22.5 Å². The number of carbonyl (C=O) groups excluding carboxylic acids is 1. The Balaban J connectivity index is 1.94. The van der Waals surface area contributed by atoms with Gasteiger partial charge in [-0.25, -0.2) is 0 Å². The number of nitrogens with one attached hydrogen (secondary N) is 1. The first-order valence-corrected chi connectivity index (χ1v) is 8.91. The van der Waals surface area contributed by atoms with Crippen molar-refractivity contribution in [2.24, 2.45) is 27.1 Å². The Kier molecular flexibility index (Phi) is 5.10. The molecule has 0 spiro atoms. The molecule has 0 bridgehead atoms. The molecular weight excluding hydrogens is 376 g/mol. The van der Waals surface area contributed by atoms with Gasteiger partial charge in [-0.2, -0.15) is 5.10 Å². The molecule has 2 aromatic rings. The van der Waals surface area contributed by atoms with Crippen molar-refractivity contribution in [3.8, 4) is 0 Å². The molecule has 10 heteroatoms. The van der Waals surface area contributed by atoms with E-state index in [9.17, 15) is 14.9 Å².